The molecule has 0 N–H and O–H groups in total. The number of hydrogen-bond acceptors (Lipinski definition) is 4. The number of piperidine rings is 2. The minimum atomic E-state index is 0.245. The smallest absolute Gasteiger partial charge is 0.163 e. The van der Waals surface area contributed by atoms with E-state index in [9.17, 15) is 9.59 Å². The lowest BCUT2D eigenvalue weighted by atomic mass is 9.94. The fraction of sp³-hybridized carbons (Fsp3) is 0.548. The molecule has 2 aromatic carbocycles. The van der Waals surface area contributed by atoms with E-state index >= 15 is 0 Å². The van der Waals surface area contributed by atoms with Gasteiger partial charge in [0.25, 0.3) is 0 Å². The molecular weight excluding hydrogens is 432 g/mol. The van der Waals surface area contributed by atoms with Crippen LogP contribution < -0.4 is 0 Å². The van der Waals surface area contributed by atoms with Gasteiger partial charge in [0.2, 0.25) is 0 Å². The van der Waals surface area contributed by atoms with Crippen molar-refractivity contribution >= 4 is 11.6 Å². The van der Waals surface area contributed by atoms with Crippen LogP contribution in [0.15, 0.2) is 36.4 Å². The number of rotatable bonds is 10. The number of carbonyl (C=O) groups excluding carboxylic acids is 2. The monoisotopic (exact) mass is 472 g/mol. The molecule has 0 unspecified atom stereocenters. The summed E-state index contributed by atoms with van der Waals surface area (Å²) in [5.41, 5.74) is 6.34. The lowest BCUT2D eigenvalue weighted by Crippen LogP contribution is -2.30. The Morgan fingerprint density at radius 2 is 1.31 bits per heavy atom. The lowest BCUT2D eigenvalue weighted by molar-refractivity contribution is 0.0965. The van der Waals surface area contributed by atoms with Gasteiger partial charge in [0.05, 0.1) is 0 Å². The Morgan fingerprint density at radius 1 is 0.686 bits per heavy atom. The van der Waals surface area contributed by atoms with Gasteiger partial charge in [0.15, 0.2) is 11.6 Å². The first-order valence-corrected chi connectivity index (χ1v) is 14.0. The SMILES string of the molecule is O=C(CCCN1CCCCC1)c1ccc2c(c1)Cc1cccc(C(=O)CCCN3CCCCC3)c1-2. The zero-order chi connectivity index (χ0) is 24.0. The molecule has 0 atom stereocenters. The molecule has 186 valence electrons. The molecule has 5 rings (SSSR count). The summed E-state index contributed by atoms with van der Waals surface area (Å²) in [6, 6.07) is 12.3. The number of carbonyl (C=O) groups is 2. The molecule has 0 aromatic heterocycles. The second kappa shape index (κ2) is 11.6. The minimum absolute atomic E-state index is 0.245. The van der Waals surface area contributed by atoms with Crippen molar-refractivity contribution in [1.29, 1.82) is 0 Å². The van der Waals surface area contributed by atoms with Crippen molar-refractivity contribution in [3.05, 3.63) is 58.7 Å². The molecular formula is C31H40N2O2. The fourth-order valence-electron chi connectivity index (χ4n) is 6.23. The zero-order valence-electron chi connectivity index (χ0n) is 21.2. The van der Waals surface area contributed by atoms with Crippen LogP contribution in [-0.4, -0.2) is 60.6 Å². The number of nitrogens with zero attached hydrogens (tertiary/aromatic N) is 2. The number of Topliss-reactive ketones (excluding diaryl/α,β-unsaturated/α-hetero) is 2. The van der Waals surface area contributed by atoms with E-state index in [1.807, 2.05) is 18.2 Å². The molecule has 4 nitrogen and oxygen atoms in total. The highest BCUT2D eigenvalue weighted by atomic mass is 16.1. The summed E-state index contributed by atoms with van der Waals surface area (Å²) in [4.78, 5) is 31.1. The van der Waals surface area contributed by atoms with Gasteiger partial charge in [-0.3, -0.25) is 9.59 Å². The molecule has 2 aromatic rings. The van der Waals surface area contributed by atoms with Crippen molar-refractivity contribution in [1.82, 2.24) is 9.80 Å². The molecule has 0 saturated carbocycles. The molecule has 0 amide bonds. The first kappa shape index (κ1) is 24.4. The Labute approximate surface area is 210 Å². The predicted octanol–water partition coefficient (Wildman–Crippen LogP) is 6.16. The maximum absolute atomic E-state index is 13.2. The molecule has 2 heterocycles. The van der Waals surface area contributed by atoms with Crippen LogP contribution in [0.5, 0.6) is 0 Å². The Balaban J connectivity index is 1.21. The van der Waals surface area contributed by atoms with E-state index in [4.69, 9.17) is 0 Å². The van der Waals surface area contributed by atoms with Crippen LogP contribution in [0.1, 0.15) is 96.1 Å². The lowest BCUT2D eigenvalue weighted by Gasteiger charge is -2.26. The summed E-state index contributed by atoms with van der Waals surface area (Å²) in [6.07, 6.45) is 11.8. The van der Waals surface area contributed by atoms with Gasteiger partial charge in [0.1, 0.15) is 0 Å². The fourth-order valence-corrected chi connectivity index (χ4v) is 6.23. The van der Waals surface area contributed by atoms with Crippen LogP contribution in [-0.2, 0) is 6.42 Å². The first-order valence-electron chi connectivity index (χ1n) is 14.0. The summed E-state index contributed by atoms with van der Waals surface area (Å²) in [5.74, 6) is 0.499. The third kappa shape index (κ3) is 5.92. The largest absolute Gasteiger partial charge is 0.303 e. The molecule has 3 aliphatic rings. The third-order valence-electron chi connectivity index (χ3n) is 8.18. The second-order valence-electron chi connectivity index (χ2n) is 10.7. The summed E-state index contributed by atoms with van der Waals surface area (Å²) < 4.78 is 0. The predicted molar refractivity (Wildman–Crippen MR) is 142 cm³/mol. The van der Waals surface area contributed by atoms with Gasteiger partial charge in [-0.05, 0) is 113 Å². The second-order valence-corrected chi connectivity index (χ2v) is 10.7. The Morgan fingerprint density at radius 3 is 1.97 bits per heavy atom. The number of ketones is 2. The molecule has 1 aliphatic carbocycles. The van der Waals surface area contributed by atoms with Crippen LogP contribution in [0.4, 0.5) is 0 Å². The van der Waals surface area contributed by atoms with E-state index in [1.54, 1.807) is 0 Å². The topological polar surface area (TPSA) is 40.6 Å². The van der Waals surface area contributed by atoms with E-state index in [0.717, 1.165) is 54.6 Å². The van der Waals surface area contributed by atoms with Gasteiger partial charge in [-0.25, -0.2) is 0 Å². The number of hydrogen-bond donors (Lipinski definition) is 0. The summed E-state index contributed by atoms with van der Waals surface area (Å²) in [5, 5.41) is 0. The Kier molecular flexibility index (Phi) is 8.10. The molecule has 2 aliphatic heterocycles. The average molecular weight is 473 g/mol. The van der Waals surface area contributed by atoms with E-state index in [1.165, 1.54) is 75.8 Å². The van der Waals surface area contributed by atoms with E-state index in [0.29, 0.717) is 12.8 Å². The maximum Gasteiger partial charge on any atom is 0.163 e. The summed E-state index contributed by atoms with van der Waals surface area (Å²) in [6.45, 7) is 6.80. The zero-order valence-corrected chi connectivity index (χ0v) is 21.2. The summed E-state index contributed by atoms with van der Waals surface area (Å²) >= 11 is 0. The van der Waals surface area contributed by atoms with Crippen molar-refractivity contribution < 1.29 is 9.59 Å². The van der Waals surface area contributed by atoms with E-state index in [2.05, 4.69) is 28.0 Å². The molecule has 35 heavy (non-hydrogen) atoms. The number of likely N-dealkylation sites (tertiary alicyclic amines) is 2. The van der Waals surface area contributed by atoms with Crippen LogP contribution in [0.3, 0.4) is 0 Å². The van der Waals surface area contributed by atoms with Crippen molar-refractivity contribution in [2.24, 2.45) is 0 Å². The first-order chi connectivity index (χ1) is 17.2. The van der Waals surface area contributed by atoms with Gasteiger partial charge in [-0.15, -0.1) is 0 Å². The van der Waals surface area contributed by atoms with Gasteiger partial charge >= 0.3 is 0 Å². The highest BCUT2D eigenvalue weighted by Crippen LogP contribution is 2.40. The average Bonchev–Trinajstić information content (AvgIpc) is 3.28. The highest BCUT2D eigenvalue weighted by molar-refractivity contribution is 6.05. The van der Waals surface area contributed by atoms with Gasteiger partial charge in [-0.2, -0.15) is 0 Å². The summed E-state index contributed by atoms with van der Waals surface area (Å²) in [7, 11) is 0. The van der Waals surface area contributed by atoms with Crippen molar-refractivity contribution in [3.8, 4) is 11.1 Å². The maximum atomic E-state index is 13.2. The van der Waals surface area contributed by atoms with Crippen LogP contribution in [0.25, 0.3) is 11.1 Å². The van der Waals surface area contributed by atoms with Crippen molar-refractivity contribution in [2.75, 3.05) is 39.3 Å². The minimum Gasteiger partial charge on any atom is -0.303 e. The molecule has 0 bridgehead atoms. The number of fused-ring (bicyclic) bond motifs is 3. The standard InChI is InChI=1S/C31H40N2O2/c34-29(12-8-20-32-16-3-1-4-17-32)24-14-15-27-26(22-24)23-25-10-7-11-28(31(25)27)30(35)13-9-21-33-18-5-2-6-19-33/h7,10-11,14-15,22H,1-6,8-9,12-13,16-21,23H2. The molecule has 0 spiro atoms. The van der Waals surface area contributed by atoms with Gasteiger partial charge in [0, 0.05) is 24.0 Å². The molecule has 0 radical (unpaired) electrons. The van der Waals surface area contributed by atoms with Crippen LogP contribution in [0, 0.1) is 0 Å². The quantitative estimate of drug-likeness (QED) is 0.332. The molecule has 4 heteroatoms. The van der Waals surface area contributed by atoms with Gasteiger partial charge in [-0.1, -0.05) is 43.2 Å². The molecule has 2 fully saturated rings. The van der Waals surface area contributed by atoms with Crippen molar-refractivity contribution in [2.45, 2.75) is 70.6 Å². The van der Waals surface area contributed by atoms with Crippen LogP contribution >= 0.6 is 0 Å². The van der Waals surface area contributed by atoms with Crippen LogP contribution in [0.2, 0.25) is 0 Å². The Hall–Kier alpha value is -2.30. The van der Waals surface area contributed by atoms with E-state index < -0.39 is 0 Å². The molecule has 2 saturated heterocycles. The van der Waals surface area contributed by atoms with Gasteiger partial charge < -0.3 is 9.80 Å². The third-order valence-corrected chi connectivity index (χ3v) is 8.18. The van der Waals surface area contributed by atoms with E-state index in [-0.39, 0.29) is 11.6 Å². The normalized spacial score (nSPS) is 18.3. The highest BCUT2D eigenvalue weighted by Gasteiger charge is 2.25. The Bertz CT molecular complexity index is 1050. The number of benzene rings is 2. The van der Waals surface area contributed by atoms with Crippen molar-refractivity contribution in [3.63, 3.8) is 0 Å².